The number of nitrogen functional groups attached to an aromatic ring is 1. The predicted molar refractivity (Wildman–Crippen MR) is 54.7 cm³/mol. The first-order valence-electron chi connectivity index (χ1n) is 4.42. The lowest BCUT2D eigenvalue weighted by atomic mass is 10.3. The number of pyridine rings is 1. The molecule has 0 atom stereocenters. The number of rotatable bonds is 2. The number of nitriles is 1. The van der Waals surface area contributed by atoms with Crippen molar-refractivity contribution in [2.45, 2.75) is 6.54 Å². The second-order valence-electron chi connectivity index (χ2n) is 3.04. The molecule has 0 fully saturated rings. The summed E-state index contributed by atoms with van der Waals surface area (Å²) < 4.78 is 1.68. The van der Waals surface area contributed by atoms with E-state index >= 15 is 0 Å². The lowest BCUT2D eigenvalue weighted by molar-refractivity contribution is 0.763. The molecule has 0 aliphatic rings. The van der Waals surface area contributed by atoms with E-state index in [1.54, 1.807) is 17.1 Å². The van der Waals surface area contributed by atoms with Crippen LogP contribution in [0.5, 0.6) is 0 Å². The zero-order valence-electron chi connectivity index (χ0n) is 7.96. The van der Waals surface area contributed by atoms with Crippen molar-refractivity contribution in [1.29, 1.82) is 5.26 Å². The molecule has 0 radical (unpaired) electrons. The predicted octanol–water partition coefficient (Wildman–Crippen LogP) is 0.780. The quantitative estimate of drug-likeness (QED) is 0.775. The van der Waals surface area contributed by atoms with Crippen LogP contribution in [0.3, 0.4) is 0 Å². The molecule has 2 aromatic heterocycles. The van der Waals surface area contributed by atoms with Crippen LogP contribution < -0.4 is 5.73 Å². The van der Waals surface area contributed by atoms with Crippen molar-refractivity contribution in [2.75, 3.05) is 5.73 Å². The van der Waals surface area contributed by atoms with Crippen molar-refractivity contribution < 1.29 is 0 Å². The van der Waals surface area contributed by atoms with E-state index in [1.807, 2.05) is 24.3 Å². The Labute approximate surface area is 86.8 Å². The minimum Gasteiger partial charge on any atom is -0.381 e. The molecule has 2 N–H and O–H groups in total. The maximum absolute atomic E-state index is 8.85. The summed E-state index contributed by atoms with van der Waals surface area (Å²) in [5.41, 5.74) is 6.77. The van der Waals surface area contributed by atoms with Crippen LogP contribution in [0.25, 0.3) is 0 Å². The molecule has 15 heavy (non-hydrogen) atoms. The first-order valence-corrected chi connectivity index (χ1v) is 4.42. The number of imidazole rings is 1. The van der Waals surface area contributed by atoms with E-state index < -0.39 is 0 Å². The van der Waals surface area contributed by atoms with Crippen LogP contribution in [-0.2, 0) is 6.54 Å². The zero-order chi connectivity index (χ0) is 10.7. The molecule has 0 amide bonds. The van der Waals surface area contributed by atoms with E-state index in [0.29, 0.717) is 12.2 Å². The normalized spacial score (nSPS) is 9.80. The van der Waals surface area contributed by atoms with Gasteiger partial charge in [-0.2, -0.15) is 5.26 Å². The minimum atomic E-state index is 0.258. The number of nitrogens with two attached hydrogens (primary N) is 1. The van der Waals surface area contributed by atoms with E-state index in [-0.39, 0.29) is 5.82 Å². The smallest absolute Gasteiger partial charge is 0.164 e. The standard InChI is InChI=1S/C10H9N5/c11-5-9-10(12)14-7-15(9)6-8-3-1-2-4-13-8/h1-4,7H,6,12H2. The Kier molecular flexibility index (Phi) is 2.33. The van der Waals surface area contributed by atoms with Crippen LogP contribution in [0, 0.1) is 11.3 Å². The summed E-state index contributed by atoms with van der Waals surface area (Å²) in [4.78, 5) is 8.03. The van der Waals surface area contributed by atoms with Gasteiger partial charge in [0, 0.05) is 6.20 Å². The number of anilines is 1. The van der Waals surface area contributed by atoms with Gasteiger partial charge in [-0.25, -0.2) is 4.98 Å². The fourth-order valence-electron chi connectivity index (χ4n) is 1.31. The molecule has 0 aromatic carbocycles. The summed E-state index contributed by atoms with van der Waals surface area (Å²) in [6.07, 6.45) is 3.25. The Morgan fingerprint density at radius 2 is 2.27 bits per heavy atom. The monoisotopic (exact) mass is 199 g/mol. The van der Waals surface area contributed by atoms with Gasteiger partial charge in [-0.3, -0.25) is 4.98 Å². The first kappa shape index (κ1) is 9.21. The van der Waals surface area contributed by atoms with Gasteiger partial charge in [-0.1, -0.05) is 6.07 Å². The highest BCUT2D eigenvalue weighted by molar-refractivity contribution is 5.44. The molecule has 0 saturated heterocycles. The largest absolute Gasteiger partial charge is 0.381 e. The Bertz CT molecular complexity index is 494. The molecule has 0 aliphatic carbocycles. The molecule has 0 unspecified atom stereocenters. The molecular formula is C10H9N5. The van der Waals surface area contributed by atoms with Gasteiger partial charge in [0.15, 0.2) is 11.5 Å². The molecule has 74 valence electrons. The number of hydrogen-bond acceptors (Lipinski definition) is 4. The number of aromatic nitrogens is 3. The molecule has 0 aliphatic heterocycles. The molecular weight excluding hydrogens is 190 g/mol. The van der Waals surface area contributed by atoms with E-state index in [2.05, 4.69) is 9.97 Å². The van der Waals surface area contributed by atoms with Crippen molar-refractivity contribution >= 4 is 5.82 Å². The van der Waals surface area contributed by atoms with Crippen LogP contribution in [0.1, 0.15) is 11.4 Å². The van der Waals surface area contributed by atoms with Crippen LogP contribution in [0.15, 0.2) is 30.7 Å². The van der Waals surface area contributed by atoms with Gasteiger partial charge >= 0.3 is 0 Å². The molecule has 2 aromatic rings. The van der Waals surface area contributed by atoms with Gasteiger partial charge in [0.2, 0.25) is 0 Å². The number of nitrogens with zero attached hydrogens (tertiary/aromatic N) is 4. The second kappa shape index (κ2) is 3.80. The fourth-order valence-corrected chi connectivity index (χ4v) is 1.31. The van der Waals surface area contributed by atoms with E-state index in [1.165, 1.54) is 0 Å². The summed E-state index contributed by atoms with van der Waals surface area (Å²) in [7, 11) is 0. The maximum Gasteiger partial charge on any atom is 0.164 e. The Morgan fingerprint density at radius 3 is 2.93 bits per heavy atom. The third-order valence-electron chi connectivity index (χ3n) is 2.03. The van der Waals surface area contributed by atoms with Crippen molar-refractivity contribution in [3.63, 3.8) is 0 Å². The summed E-state index contributed by atoms with van der Waals surface area (Å²) in [6, 6.07) is 7.64. The Balaban J connectivity index is 2.30. The Morgan fingerprint density at radius 1 is 1.40 bits per heavy atom. The number of hydrogen-bond donors (Lipinski definition) is 1. The van der Waals surface area contributed by atoms with Gasteiger partial charge in [0.05, 0.1) is 18.6 Å². The lowest BCUT2D eigenvalue weighted by Crippen LogP contribution is -2.03. The summed E-state index contributed by atoms with van der Waals surface area (Å²) in [5.74, 6) is 0.258. The van der Waals surface area contributed by atoms with Gasteiger partial charge < -0.3 is 10.3 Å². The van der Waals surface area contributed by atoms with Crippen molar-refractivity contribution in [1.82, 2.24) is 14.5 Å². The molecule has 0 bridgehead atoms. The summed E-state index contributed by atoms with van der Waals surface area (Å²) >= 11 is 0. The zero-order valence-corrected chi connectivity index (χ0v) is 7.96. The third-order valence-corrected chi connectivity index (χ3v) is 2.03. The van der Waals surface area contributed by atoms with Crippen LogP contribution in [0.2, 0.25) is 0 Å². The van der Waals surface area contributed by atoms with Crippen molar-refractivity contribution in [3.05, 3.63) is 42.1 Å². The highest BCUT2D eigenvalue weighted by Crippen LogP contribution is 2.09. The summed E-state index contributed by atoms with van der Waals surface area (Å²) in [5, 5.41) is 8.85. The molecule has 2 heterocycles. The van der Waals surface area contributed by atoms with Gasteiger partial charge in [0.1, 0.15) is 6.07 Å². The van der Waals surface area contributed by atoms with Crippen molar-refractivity contribution in [3.8, 4) is 6.07 Å². The average molecular weight is 199 g/mol. The van der Waals surface area contributed by atoms with Gasteiger partial charge in [-0.05, 0) is 12.1 Å². The molecule has 0 saturated carbocycles. The molecule has 5 heteroatoms. The highest BCUT2D eigenvalue weighted by Gasteiger charge is 2.07. The van der Waals surface area contributed by atoms with E-state index in [9.17, 15) is 0 Å². The minimum absolute atomic E-state index is 0.258. The highest BCUT2D eigenvalue weighted by atomic mass is 15.1. The first-order chi connectivity index (χ1) is 7.31. The van der Waals surface area contributed by atoms with Gasteiger partial charge in [-0.15, -0.1) is 0 Å². The lowest BCUT2D eigenvalue weighted by Gasteiger charge is -2.02. The summed E-state index contributed by atoms with van der Waals surface area (Å²) in [6.45, 7) is 0.508. The average Bonchev–Trinajstić information content (AvgIpc) is 2.61. The molecule has 0 spiro atoms. The fraction of sp³-hybridized carbons (Fsp3) is 0.100. The van der Waals surface area contributed by atoms with Crippen LogP contribution in [-0.4, -0.2) is 14.5 Å². The maximum atomic E-state index is 8.85. The molecule has 5 nitrogen and oxygen atoms in total. The SMILES string of the molecule is N#Cc1c(N)ncn1Cc1ccccn1. The molecule has 2 rings (SSSR count). The van der Waals surface area contributed by atoms with Crippen molar-refractivity contribution in [2.24, 2.45) is 0 Å². The van der Waals surface area contributed by atoms with Crippen LogP contribution in [0.4, 0.5) is 5.82 Å². The topological polar surface area (TPSA) is 80.5 Å². The van der Waals surface area contributed by atoms with Gasteiger partial charge in [0.25, 0.3) is 0 Å². The third kappa shape index (κ3) is 1.79. The Hall–Kier alpha value is -2.35. The van der Waals surface area contributed by atoms with E-state index in [4.69, 9.17) is 11.0 Å². The second-order valence-corrected chi connectivity index (χ2v) is 3.04. The van der Waals surface area contributed by atoms with Crippen LogP contribution >= 0.6 is 0 Å². The van der Waals surface area contributed by atoms with E-state index in [0.717, 1.165) is 5.69 Å².